The van der Waals surface area contributed by atoms with E-state index in [9.17, 15) is 9.90 Å². The van der Waals surface area contributed by atoms with Crippen LogP contribution < -0.4 is 14.2 Å². The SMILES string of the molecule is COc1c(O)c(CCCCCCCCCCO)c(C)c(OC(=O)c2cccnc2)c1OC.Cl. The lowest BCUT2D eigenvalue weighted by Crippen LogP contribution is -2.12. The normalized spacial score (nSPS) is 10.4. The predicted octanol–water partition coefficient (Wildman–Crippen LogP) is 5.41. The molecule has 0 unspecified atom stereocenters. The largest absolute Gasteiger partial charge is 0.504 e. The van der Waals surface area contributed by atoms with Crippen LogP contribution in [0.4, 0.5) is 0 Å². The molecule has 0 fully saturated rings. The summed E-state index contributed by atoms with van der Waals surface area (Å²) in [4.78, 5) is 16.6. The van der Waals surface area contributed by atoms with Gasteiger partial charge in [-0.2, -0.15) is 0 Å². The molecule has 1 heterocycles. The lowest BCUT2D eigenvalue weighted by atomic mass is 9.98. The molecule has 0 aliphatic rings. The monoisotopic (exact) mass is 481 g/mol. The molecule has 33 heavy (non-hydrogen) atoms. The number of phenols is 1. The van der Waals surface area contributed by atoms with E-state index in [-0.39, 0.29) is 42.0 Å². The molecule has 2 N–H and O–H groups in total. The van der Waals surface area contributed by atoms with Crippen LogP contribution in [0.25, 0.3) is 0 Å². The number of phenolic OH excluding ortho intramolecular Hbond substituents is 1. The number of benzene rings is 1. The Labute approximate surface area is 202 Å². The van der Waals surface area contributed by atoms with Crippen molar-refractivity contribution in [1.29, 1.82) is 0 Å². The second kappa shape index (κ2) is 15.3. The highest BCUT2D eigenvalue weighted by Gasteiger charge is 2.26. The molecule has 1 aromatic carbocycles. The summed E-state index contributed by atoms with van der Waals surface area (Å²) in [7, 11) is 2.89. The molecule has 2 rings (SSSR count). The maximum absolute atomic E-state index is 12.6. The zero-order chi connectivity index (χ0) is 23.3. The van der Waals surface area contributed by atoms with E-state index >= 15 is 0 Å². The number of methoxy groups -OCH3 is 2. The summed E-state index contributed by atoms with van der Waals surface area (Å²) in [5, 5.41) is 19.6. The van der Waals surface area contributed by atoms with Crippen molar-refractivity contribution in [3.63, 3.8) is 0 Å². The number of esters is 1. The molecule has 0 atom stereocenters. The van der Waals surface area contributed by atoms with Gasteiger partial charge in [0, 0.05) is 30.1 Å². The lowest BCUT2D eigenvalue weighted by molar-refractivity contribution is 0.0726. The minimum atomic E-state index is -0.556. The molecule has 0 spiro atoms. The second-order valence-electron chi connectivity index (χ2n) is 7.78. The Morgan fingerprint density at radius 2 is 1.55 bits per heavy atom. The van der Waals surface area contributed by atoms with Crippen LogP contribution in [-0.4, -0.2) is 42.0 Å². The number of ether oxygens (including phenoxy) is 3. The number of pyridine rings is 1. The third-order valence-corrected chi connectivity index (χ3v) is 5.54. The molecule has 8 heteroatoms. The van der Waals surface area contributed by atoms with E-state index in [1.54, 1.807) is 18.3 Å². The molecule has 7 nitrogen and oxygen atoms in total. The first-order valence-electron chi connectivity index (χ1n) is 11.2. The van der Waals surface area contributed by atoms with E-state index in [1.807, 2.05) is 6.92 Å². The van der Waals surface area contributed by atoms with Crippen molar-refractivity contribution < 1.29 is 29.2 Å². The van der Waals surface area contributed by atoms with Crippen LogP contribution in [0.3, 0.4) is 0 Å². The van der Waals surface area contributed by atoms with Gasteiger partial charge in [-0.25, -0.2) is 4.79 Å². The van der Waals surface area contributed by atoms with Crippen LogP contribution in [0, 0.1) is 6.92 Å². The van der Waals surface area contributed by atoms with Gasteiger partial charge in [0.05, 0.1) is 19.8 Å². The van der Waals surface area contributed by atoms with E-state index in [0.29, 0.717) is 23.1 Å². The van der Waals surface area contributed by atoms with Gasteiger partial charge in [-0.15, -0.1) is 12.4 Å². The summed E-state index contributed by atoms with van der Waals surface area (Å²) in [6.07, 6.45) is 12.2. The number of nitrogens with zero attached hydrogens (tertiary/aromatic N) is 1. The first kappa shape index (κ1) is 28.5. The average molecular weight is 482 g/mol. The van der Waals surface area contributed by atoms with Gasteiger partial charge in [0.25, 0.3) is 0 Å². The summed E-state index contributed by atoms with van der Waals surface area (Å²) in [5.74, 6) is 0.0543. The highest BCUT2D eigenvalue weighted by molar-refractivity contribution is 5.91. The number of carbonyl (C=O) groups is 1. The molecule has 0 saturated heterocycles. The fraction of sp³-hybridized carbons (Fsp3) is 0.520. The van der Waals surface area contributed by atoms with E-state index in [0.717, 1.165) is 44.9 Å². The molecular formula is C25H36ClNO6. The first-order chi connectivity index (χ1) is 15.5. The molecule has 0 saturated carbocycles. The van der Waals surface area contributed by atoms with Crippen molar-refractivity contribution in [3.05, 3.63) is 41.2 Å². The fourth-order valence-electron chi connectivity index (χ4n) is 3.75. The molecule has 184 valence electrons. The van der Waals surface area contributed by atoms with Crippen molar-refractivity contribution in [3.8, 4) is 23.0 Å². The number of hydrogen-bond acceptors (Lipinski definition) is 7. The third kappa shape index (κ3) is 8.09. The summed E-state index contributed by atoms with van der Waals surface area (Å²) < 4.78 is 16.5. The Morgan fingerprint density at radius 3 is 2.09 bits per heavy atom. The van der Waals surface area contributed by atoms with Crippen LogP contribution in [0.15, 0.2) is 24.5 Å². The van der Waals surface area contributed by atoms with E-state index in [1.165, 1.54) is 26.8 Å². The fourth-order valence-corrected chi connectivity index (χ4v) is 3.75. The third-order valence-electron chi connectivity index (χ3n) is 5.54. The van der Waals surface area contributed by atoms with Crippen LogP contribution in [0.5, 0.6) is 23.0 Å². The van der Waals surface area contributed by atoms with Gasteiger partial charge in [-0.05, 0) is 38.3 Å². The predicted molar refractivity (Wildman–Crippen MR) is 130 cm³/mol. The highest BCUT2D eigenvalue weighted by Crippen LogP contribution is 2.49. The Kier molecular flexibility index (Phi) is 13.3. The average Bonchev–Trinajstić information content (AvgIpc) is 2.81. The van der Waals surface area contributed by atoms with Crippen molar-refractivity contribution in [2.24, 2.45) is 0 Å². The Bertz CT molecular complexity index is 860. The van der Waals surface area contributed by atoms with Gasteiger partial charge < -0.3 is 24.4 Å². The molecule has 0 radical (unpaired) electrons. The maximum atomic E-state index is 12.6. The summed E-state index contributed by atoms with van der Waals surface area (Å²) in [6, 6.07) is 3.29. The number of rotatable bonds is 14. The second-order valence-corrected chi connectivity index (χ2v) is 7.78. The number of aromatic hydroxyl groups is 1. The van der Waals surface area contributed by atoms with Gasteiger partial charge >= 0.3 is 5.97 Å². The van der Waals surface area contributed by atoms with E-state index in [2.05, 4.69) is 4.98 Å². The summed E-state index contributed by atoms with van der Waals surface area (Å²) >= 11 is 0. The molecule has 0 aliphatic heterocycles. The number of aromatic nitrogens is 1. The van der Waals surface area contributed by atoms with Gasteiger partial charge in [0.1, 0.15) is 0 Å². The van der Waals surface area contributed by atoms with Crippen molar-refractivity contribution in [1.82, 2.24) is 4.98 Å². The van der Waals surface area contributed by atoms with Gasteiger partial charge in [0.2, 0.25) is 11.5 Å². The summed E-state index contributed by atoms with van der Waals surface area (Å²) in [6.45, 7) is 2.08. The van der Waals surface area contributed by atoms with E-state index < -0.39 is 5.97 Å². The topological polar surface area (TPSA) is 98.1 Å². The molecular weight excluding hydrogens is 446 g/mol. The number of aliphatic hydroxyl groups excluding tert-OH is 1. The molecule has 0 bridgehead atoms. The van der Waals surface area contributed by atoms with Gasteiger partial charge in [0.15, 0.2) is 11.5 Å². The van der Waals surface area contributed by atoms with Crippen molar-refractivity contribution in [2.45, 2.75) is 64.7 Å². The Morgan fingerprint density at radius 1 is 0.939 bits per heavy atom. The Hall–Kier alpha value is -2.51. The quantitative estimate of drug-likeness (QED) is 0.211. The van der Waals surface area contributed by atoms with E-state index in [4.69, 9.17) is 19.3 Å². The lowest BCUT2D eigenvalue weighted by Gasteiger charge is -2.20. The zero-order valence-electron chi connectivity index (χ0n) is 19.8. The highest BCUT2D eigenvalue weighted by atomic mass is 35.5. The Balaban J connectivity index is 0.00000544. The first-order valence-corrected chi connectivity index (χ1v) is 11.2. The van der Waals surface area contributed by atoms with Crippen molar-refractivity contribution in [2.75, 3.05) is 20.8 Å². The van der Waals surface area contributed by atoms with Crippen molar-refractivity contribution >= 4 is 18.4 Å². The van der Waals surface area contributed by atoms with Gasteiger partial charge in [-0.1, -0.05) is 38.5 Å². The number of unbranched alkanes of at least 4 members (excludes halogenated alkanes) is 7. The number of hydrogen-bond donors (Lipinski definition) is 2. The smallest absolute Gasteiger partial charge is 0.345 e. The standard InChI is InChI=1S/C25H35NO6.ClH/c1-18-20(14-10-8-6-4-5-7-9-11-16-27)21(28)23(30-2)24(31-3)22(18)32-25(29)19-13-12-15-26-17-19;/h12-13,15,17,27-28H,4-11,14,16H2,1-3H3;1H. The van der Waals surface area contributed by atoms with Crippen LogP contribution in [-0.2, 0) is 6.42 Å². The minimum absolute atomic E-state index is 0. The minimum Gasteiger partial charge on any atom is -0.504 e. The molecule has 1 aromatic heterocycles. The van der Waals surface area contributed by atoms with Crippen LogP contribution in [0.1, 0.15) is 72.9 Å². The zero-order valence-corrected chi connectivity index (χ0v) is 20.6. The number of halogens is 1. The molecule has 0 aliphatic carbocycles. The molecule has 0 amide bonds. The van der Waals surface area contributed by atoms with Crippen LogP contribution in [0.2, 0.25) is 0 Å². The van der Waals surface area contributed by atoms with Gasteiger partial charge in [-0.3, -0.25) is 4.98 Å². The number of aliphatic hydroxyl groups is 1. The summed E-state index contributed by atoms with van der Waals surface area (Å²) in [5.41, 5.74) is 1.67. The maximum Gasteiger partial charge on any atom is 0.345 e. The number of carbonyl (C=O) groups excluding carboxylic acids is 1. The molecule has 2 aromatic rings. The van der Waals surface area contributed by atoms with Crippen LogP contribution >= 0.6 is 12.4 Å².